The zero-order chi connectivity index (χ0) is 23.3. The minimum absolute atomic E-state index is 0.267. The number of fused-ring (bicyclic) bond motifs is 2. The highest BCUT2D eigenvalue weighted by molar-refractivity contribution is 5.72. The average Bonchev–Trinajstić information content (AvgIpc) is 2.98. The largest absolute Gasteiger partial charge is 0.573 e. The van der Waals surface area contributed by atoms with Crippen LogP contribution in [0.5, 0.6) is 5.75 Å². The van der Waals surface area contributed by atoms with Gasteiger partial charge in [-0.15, -0.1) is 13.2 Å². The Labute approximate surface area is 192 Å². The lowest BCUT2D eigenvalue weighted by Crippen LogP contribution is -2.44. The fourth-order valence-electron chi connectivity index (χ4n) is 4.43. The first-order valence-corrected chi connectivity index (χ1v) is 11.2. The van der Waals surface area contributed by atoms with Gasteiger partial charge in [-0.3, -0.25) is 0 Å². The van der Waals surface area contributed by atoms with E-state index in [1.54, 1.807) is 0 Å². The maximum Gasteiger partial charge on any atom is 0.573 e. The number of piperidine rings is 1. The van der Waals surface area contributed by atoms with Crippen LogP contribution in [0.1, 0.15) is 24.0 Å². The van der Waals surface area contributed by atoms with Crippen molar-refractivity contribution >= 4 is 17.1 Å². The van der Waals surface area contributed by atoms with Gasteiger partial charge >= 0.3 is 6.36 Å². The van der Waals surface area contributed by atoms with Crippen molar-refractivity contribution in [2.45, 2.75) is 38.1 Å². The zero-order valence-electron chi connectivity index (χ0n) is 18.3. The molecule has 4 nitrogen and oxygen atoms in total. The molecule has 2 heterocycles. The van der Waals surface area contributed by atoms with E-state index in [0.717, 1.165) is 38.1 Å². The van der Waals surface area contributed by atoms with Crippen molar-refractivity contribution in [3.8, 4) is 5.75 Å². The molecule has 0 saturated carbocycles. The van der Waals surface area contributed by atoms with Gasteiger partial charge in [0.25, 0.3) is 0 Å². The summed E-state index contributed by atoms with van der Waals surface area (Å²) >= 11 is 0. The van der Waals surface area contributed by atoms with Crippen LogP contribution < -0.4 is 20.7 Å². The molecule has 0 aliphatic carbocycles. The highest BCUT2D eigenvalue weighted by atomic mass is 19.4. The summed E-state index contributed by atoms with van der Waals surface area (Å²) < 4.78 is 38.4. The molecule has 3 N–H and O–H groups in total. The quantitative estimate of drug-likeness (QED) is 0.477. The average molecular weight is 456 g/mol. The molecule has 1 fully saturated rings. The molecule has 174 valence electrons. The predicted octanol–water partition coefficient (Wildman–Crippen LogP) is 5.84. The van der Waals surface area contributed by atoms with Gasteiger partial charge in [0.1, 0.15) is 5.75 Å². The molecule has 3 aromatic carbocycles. The summed E-state index contributed by atoms with van der Waals surface area (Å²) in [6.45, 7) is 2.25. The van der Waals surface area contributed by atoms with Gasteiger partial charge in [-0.05, 0) is 79.8 Å². The molecule has 1 saturated heterocycles. The number of anilines is 3. The van der Waals surface area contributed by atoms with Gasteiger partial charge in [-0.1, -0.05) is 36.4 Å². The van der Waals surface area contributed by atoms with E-state index >= 15 is 0 Å². The fourth-order valence-corrected chi connectivity index (χ4v) is 4.43. The number of halogens is 3. The van der Waals surface area contributed by atoms with Crippen molar-refractivity contribution in [1.82, 2.24) is 5.32 Å². The molecule has 0 bridgehead atoms. The van der Waals surface area contributed by atoms with Crippen molar-refractivity contribution in [1.29, 1.82) is 0 Å². The molecule has 3 aromatic rings. The van der Waals surface area contributed by atoms with Crippen molar-refractivity contribution in [2.24, 2.45) is 0 Å². The Morgan fingerprint density at radius 1 is 0.848 bits per heavy atom. The minimum atomic E-state index is -4.64. The summed E-state index contributed by atoms with van der Waals surface area (Å²) in [6.07, 6.45) is 0.185. The Balaban J connectivity index is 0.000000185. The van der Waals surface area contributed by atoms with Crippen LogP contribution in [0.15, 0.2) is 72.8 Å². The standard InChI is InChI=1S/C19H22N2.C7H6F3NO/c1-3-9-18-15(6-1)11-12-16-7-2-4-10-19(16)21(18)17-8-5-13-20-14-17;8-7(9,10)12-6-3-1-5(11)2-4-6/h1-4,6-7,9-10,17,20H,5,8,11-14H2;1-4H,11H2. The number of nitrogens with zero attached hydrogens (tertiary/aromatic N) is 1. The summed E-state index contributed by atoms with van der Waals surface area (Å²) in [7, 11) is 0. The Morgan fingerprint density at radius 3 is 1.94 bits per heavy atom. The van der Waals surface area contributed by atoms with E-state index in [9.17, 15) is 13.2 Å². The van der Waals surface area contributed by atoms with Crippen LogP contribution in [-0.2, 0) is 12.8 Å². The van der Waals surface area contributed by atoms with Crippen LogP contribution in [0.25, 0.3) is 0 Å². The third kappa shape index (κ3) is 5.99. The van der Waals surface area contributed by atoms with Crippen molar-refractivity contribution in [3.05, 3.63) is 83.9 Å². The number of nitrogen functional groups attached to an aromatic ring is 1. The molecule has 7 heteroatoms. The van der Waals surface area contributed by atoms with Crippen LogP contribution in [0, 0.1) is 0 Å². The highest BCUT2D eigenvalue weighted by Gasteiger charge is 2.31. The molecule has 1 unspecified atom stereocenters. The first-order chi connectivity index (χ1) is 15.9. The second-order valence-corrected chi connectivity index (χ2v) is 8.24. The Hall–Kier alpha value is -3.19. The molecule has 0 spiro atoms. The minimum Gasteiger partial charge on any atom is -0.406 e. The molecular formula is C26H28F3N3O. The number of alkyl halides is 3. The molecule has 5 rings (SSSR count). The lowest BCUT2D eigenvalue weighted by Gasteiger charge is -2.37. The molecule has 1 atom stereocenters. The first kappa shape index (κ1) is 23.0. The van der Waals surface area contributed by atoms with E-state index in [1.165, 1.54) is 47.5 Å². The summed E-state index contributed by atoms with van der Waals surface area (Å²) in [4.78, 5) is 2.60. The SMILES string of the molecule is Nc1ccc(OC(F)(F)F)cc1.c1ccc2c(c1)CCc1ccccc1N2C1CCCNC1. The lowest BCUT2D eigenvalue weighted by molar-refractivity contribution is -0.274. The van der Waals surface area contributed by atoms with E-state index in [2.05, 4.69) is 63.5 Å². The van der Waals surface area contributed by atoms with E-state index < -0.39 is 6.36 Å². The van der Waals surface area contributed by atoms with E-state index in [-0.39, 0.29) is 5.75 Å². The molecule has 33 heavy (non-hydrogen) atoms. The molecule has 0 aromatic heterocycles. The monoisotopic (exact) mass is 455 g/mol. The number of ether oxygens (including phenoxy) is 1. The van der Waals surface area contributed by atoms with E-state index in [1.807, 2.05) is 0 Å². The smallest absolute Gasteiger partial charge is 0.406 e. The number of benzene rings is 3. The maximum atomic E-state index is 11.6. The van der Waals surface area contributed by atoms with Gasteiger partial charge < -0.3 is 20.7 Å². The zero-order valence-corrected chi connectivity index (χ0v) is 18.3. The van der Waals surface area contributed by atoms with Crippen LogP contribution in [0.4, 0.5) is 30.2 Å². The molecule has 0 amide bonds. The van der Waals surface area contributed by atoms with E-state index in [4.69, 9.17) is 5.73 Å². The summed E-state index contributed by atoms with van der Waals surface area (Å²) in [5.74, 6) is -0.267. The van der Waals surface area contributed by atoms with Gasteiger partial charge in [-0.2, -0.15) is 0 Å². The third-order valence-corrected chi connectivity index (χ3v) is 5.92. The number of hydrogen-bond acceptors (Lipinski definition) is 4. The van der Waals surface area contributed by atoms with Crippen molar-refractivity contribution < 1.29 is 17.9 Å². The normalized spacial score (nSPS) is 17.7. The van der Waals surface area contributed by atoms with Gasteiger partial charge in [-0.25, -0.2) is 0 Å². The van der Waals surface area contributed by atoms with Crippen molar-refractivity contribution in [2.75, 3.05) is 23.7 Å². The van der Waals surface area contributed by atoms with Crippen LogP contribution in [0.3, 0.4) is 0 Å². The number of nitrogens with one attached hydrogen (secondary N) is 1. The van der Waals surface area contributed by atoms with Crippen molar-refractivity contribution in [3.63, 3.8) is 0 Å². The Bertz CT molecular complexity index is 1000. The van der Waals surface area contributed by atoms with Gasteiger partial charge in [0.05, 0.1) is 0 Å². The predicted molar refractivity (Wildman–Crippen MR) is 126 cm³/mol. The summed E-state index contributed by atoms with van der Waals surface area (Å²) in [5.41, 5.74) is 11.4. The highest BCUT2D eigenvalue weighted by Crippen LogP contribution is 2.38. The number of aryl methyl sites for hydroxylation is 2. The summed E-state index contributed by atoms with van der Waals surface area (Å²) in [6, 6.07) is 23.4. The second kappa shape index (κ2) is 10.2. The third-order valence-electron chi connectivity index (χ3n) is 5.92. The summed E-state index contributed by atoms with van der Waals surface area (Å²) in [5, 5.41) is 3.57. The molecule has 2 aliphatic rings. The fraction of sp³-hybridized carbons (Fsp3) is 0.308. The Kier molecular flexibility index (Phi) is 7.08. The van der Waals surface area contributed by atoms with Crippen LogP contribution in [0.2, 0.25) is 0 Å². The number of rotatable bonds is 2. The van der Waals surface area contributed by atoms with Gasteiger partial charge in [0.2, 0.25) is 0 Å². The van der Waals surface area contributed by atoms with E-state index in [0.29, 0.717) is 11.7 Å². The number of nitrogens with two attached hydrogens (primary N) is 1. The van der Waals surface area contributed by atoms with Crippen LogP contribution in [-0.4, -0.2) is 25.5 Å². The first-order valence-electron chi connectivity index (χ1n) is 11.2. The van der Waals surface area contributed by atoms with Gasteiger partial charge in [0, 0.05) is 29.6 Å². The lowest BCUT2D eigenvalue weighted by atomic mass is 10.0. The van der Waals surface area contributed by atoms with Crippen LogP contribution >= 0.6 is 0 Å². The molecule has 2 aliphatic heterocycles. The van der Waals surface area contributed by atoms with Gasteiger partial charge in [0.15, 0.2) is 0 Å². The molecular weight excluding hydrogens is 427 g/mol. The number of hydrogen-bond donors (Lipinski definition) is 2. The second-order valence-electron chi connectivity index (χ2n) is 8.24. The molecule has 0 radical (unpaired) electrons. The Morgan fingerprint density at radius 2 is 1.42 bits per heavy atom. The number of para-hydroxylation sites is 2. The maximum absolute atomic E-state index is 11.6. The topological polar surface area (TPSA) is 50.5 Å².